The molecule has 0 atom stereocenters. The lowest BCUT2D eigenvalue weighted by Gasteiger charge is -2.45. The number of ether oxygens (including phenoxy) is 1. The number of likely N-dealkylation sites (tertiary alicyclic amines) is 1. The summed E-state index contributed by atoms with van der Waals surface area (Å²) in [4.78, 5) is 24.2. The van der Waals surface area contributed by atoms with Gasteiger partial charge in [0.1, 0.15) is 5.75 Å². The van der Waals surface area contributed by atoms with Crippen molar-refractivity contribution in [3.05, 3.63) is 29.8 Å². The summed E-state index contributed by atoms with van der Waals surface area (Å²) in [7, 11) is 0. The van der Waals surface area contributed by atoms with Gasteiger partial charge in [0.15, 0.2) is 6.61 Å². The zero-order valence-corrected chi connectivity index (χ0v) is 13.7. The van der Waals surface area contributed by atoms with E-state index < -0.39 is 5.97 Å². The number of aliphatic carboxylic acids is 1. The second-order valence-corrected chi connectivity index (χ2v) is 6.78. The van der Waals surface area contributed by atoms with Gasteiger partial charge in [-0.1, -0.05) is 18.2 Å². The van der Waals surface area contributed by atoms with Gasteiger partial charge < -0.3 is 15.6 Å². The number of hydrogen-bond acceptors (Lipinski definition) is 4. The third kappa shape index (κ3) is 3.70. The van der Waals surface area contributed by atoms with E-state index in [9.17, 15) is 9.59 Å². The zero-order chi connectivity index (χ0) is 17.1. The molecule has 0 aromatic heterocycles. The number of primary amides is 1. The minimum Gasteiger partial charge on any atom is -0.482 e. The quantitative estimate of drug-likeness (QED) is 0.825. The van der Waals surface area contributed by atoms with E-state index in [-0.39, 0.29) is 18.4 Å². The Morgan fingerprint density at radius 2 is 1.83 bits per heavy atom. The molecule has 3 N–H and O–H groups in total. The molecular formula is C18H24N2O4. The Kier molecular flexibility index (Phi) is 5.04. The molecule has 0 radical (unpaired) electrons. The first kappa shape index (κ1) is 16.8. The number of carboxylic acids is 1. The number of hydrogen-bond donors (Lipinski definition) is 2. The molecule has 6 heteroatoms. The number of rotatable bonds is 6. The molecule has 2 fully saturated rings. The van der Waals surface area contributed by atoms with Crippen LogP contribution in [0, 0.1) is 5.92 Å². The number of para-hydroxylation sites is 1. The summed E-state index contributed by atoms with van der Waals surface area (Å²) in [6.07, 6.45) is 4.28. The molecule has 0 unspecified atom stereocenters. The Balaban J connectivity index is 1.55. The van der Waals surface area contributed by atoms with Crippen LogP contribution in [0.2, 0.25) is 0 Å². The monoisotopic (exact) mass is 332 g/mol. The van der Waals surface area contributed by atoms with Gasteiger partial charge in [-0.25, -0.2) is 4.79 Å². The second kappa shape index (κ2) is 7.21. The van der Waals surface area contributed by atoms with Crippen molar-refractivity contribution in [2.75, 3.05) is 19.7 Å². The van der Waals surface area contributed by atoms with E-state index in [0.29, 0.717) is 17.7 Å². The van der Waals surface area contributed by atoms with E-state index in [1.54, 1.807) is 0 Å². The van der Waals surface area contributed by atoms with Gasteiger partial charge in [-0.05, 0) is 43.2 Å². The maximum absolute atomic E-state index is 11.1. The van der Waals surface area contributed by atoms with Crippen molar-refractivity contribution >= 4 is 11.9 Å². The predicted octanol–water partition coefficient (Wildman–Crippen LogP) is 1.59. The first-order chi connectivity index (χ1) is 11.5. The lowest BCUT2D eigenvalue weighted by Crippen LogP contribution is -2.56. The molecule has 1 aliphatic heterocycles. The van der Waals surface area contributed by atoms with Crippen LogP contribution >= 0.6 is 0 Å². The fraction of sp³-hybridized carbons (Fsp3) is 0.556. The molecule has 1 saturated heterocycles. The van der Waals surface area contributed by atoms with E-state index in [1.165, 1.54) is 0 Å². The van der Waals surface area contributed by atoms with Gasteiger partial charge in [-0.15, -0.1) is 0 Å². The van der Waals surface area contributed by atoms with Crippen LogP contribution in [0.25, 0.3) is 0 Å². The molecular weight excluding hydrogens is 308 g/mol. The first-order valence-corrected chi connectivity index (χ1v) is 8.51. The van der Waals surface area contributed by atoms with Crippen molar-refractivity contribution in [1.29, 1.82) is 0 Å². The van der Waals surface area contributed by atoms with Crippen LogP contribution in [0.4, 0.5) is 0 Å². The number of carbonyl (C=O) groups excluding carboxylic acids is 1. The molecule has 6 nitrogen and oxygen atoms in total. The molecule has 1 aromatic carbocycles. The van der Waals surface area contributed by atoms with Crippen molar-refractivity contribution in [1.82, 2.24) is 4.90 Å². The lowest BCUT2D eigenvalue weighted by atomic mass is 9.79. The van der Waals surface area contributed by atoms with Crippen LogP contribution in [-0.2, 0) is 9.59 Å². The van der Waals surface area contributed by atoms with Crippen molar-refractivity contribution < 1.29 is 19.4 Å². The lowest BCUT2D eigenvalue weighted by molar-refractivity contribution is -0.139. The molecule has 1 aromatic rings. The second-order valence-electron chi connectivity index (χ2n) is 6.78. The molecule has 2 aliphatic rings. The summed E-state index contributed by atoms with van der Waals surface area (Å²) in [6, 6.07) is 8.26. The molecule has 1 aliphatic carbocycles. The van der Waals surface area contributed by atoms with Crippen molar-refractivity contribution in [3.8, 4) is 5.75 Å². The molecule has 130 valence electrons. The largest absolute Gasteiger partial charge is 0.482 e. The van der Waals surface area contributed by atoms with Gasteiger partial charge >= 0.3 is 5.97 Å². The van der Waals surface area contributed by atoms with E-state index >= 15 is 0 Å². The molecule has 1 saturated carbocycles. The molecule has 1 amide bonds. The summed E-state index contributed by atoms with van der Waals surface area (Å²) in [6.45, 7) is 1.28. The Labute approximate surface area is 141 Å². The van der Waals surface area contributed by atoms with E-state index in [4.69, 9.17) is 15.6 Å². The number of benzene rings is 1. The van der Waals surface area contributed by atoms with Crippen LogP contribution < -0.4 is 10.5 Å². The molecule has 0 bridgehead atoms. The number of amides is 1. The van der Waals surface area contributed by atoms with Crippen molar-refractivity contribution in [3.63, 3.8) is 0 Å². The summed E-state index contributed by atoms with van der Waals surface area (Å²) in [5.74, 6) is -0.0480. The van der Waals surface area contributed by atoms with E-state index in [1.807, 2.05) is 24.3 Å². The van der Waals surface area contributed by atoms with Crippen LogP contribution in [-0.4, -0.2) is 47.6 Å². The molecule has 0 spiro atoms. The summed E-state index contributed by atoms with van der Waals surface area (Å²) < 4.78 is 5.44. The normalized spacial score (nSPS) is 25.0. The third-order valence-electron chi connectivity index (χ3n) is 5.24. The Bertz CT molecular complexity index is 605. The Morgan fingerprint density at radius 1 is 1.17 bits per heavy atom. The maximum atomic E-state index is 11.1. The number of carboxylic acid groups (broad SMARTS) is 1. The first-order valence-electron chi connectivity index (χ1n) is 8.51. The van der Waals surface area contributed by atoms with Crippen molar-refractivity contribution in [2.24, 2.45) is 11.7 Å². The van der Waals surface area contributed by atoms with Crippen LogP contribution in [0.15, 0.2) is 24.3 Å². The standard InChI is InChI=1S/C18H24N2O4/c19-18(23)13-9-20(10-13)14-7-5-12(6-8-14)15-3-1-2-4-16(15)24-11-17(21)22/h1-4,12-14H,5-11H2,(H2,19,23)(H,21,22). The Morgan fingerprint density at radius 3 is 2.46 bits per heavy atom. The number of nitrogens with two attached hydrogens (primary N) is 1. The average molecular weight is 332 g/mol. The van der Waals surface area contributed by atoms with Crippen molar-refractivity contribution in [2.45, 2.75) is 37.6 Å². The van der Waals surface area contributed by atoms with Crippen LogP contribution in [0.3, 0.4) is 0 Å². The predicted molar refractivity (Wildman–Crippen MR) is 88.8 cm³/mol. The smallest absolute Gasteiger partial charge is 0.341 e. The van der Waals surface area contributed by atoms with Gasteiger partial charge in [-0.3, -0.25) is 9.69 Å². The van der Waals surface area contributed by atoms with Gasteiger partial charge in [-0.2, -0.15) is 0 Å². The highest BCUT2D eigenvalue weighted by molar-refractivity contribution is 5.78. The van der Waals surface area contributed by atoms with E-state index in [2.05, 4.69) is 4.90 Å². The van der Waals surface area contributed by atoms with E-state index in [0.717, 1.165) is 44.3 Å². The minimum absolute atomic E-state index is 0.0212. The number of nitrogens with zero attached hydrogens (tertiary/aromatic N) is 1. The summed E-state index contributed by atoms with van der Waals surface area (Å²) >= 11 is 0. The fourth-order valence-electron chi connectivity index (χ4n) is 3.83. The van der Waals surface area contributed by atoms with Crippen LogP contribution in [0.1, 0.15) is 37.2 Å². The highest BCUT2D eigenvalue weighted by Gasteiger charge is 2.37. The fourth-order valence-corrected chi connectivity index (χ4v) is 3.83. The highest BCUT2D eigenvalue weighted by atomic mass is 16.5. The summed E-state index contributed by atoms with van der Waals surface area (Å²) in [5, 5.41) is 8.80. The summed E-state index contributed by atoms with van der Waals surface area (Å²) in [5.41, 5.74) is 6.44. The topological polar surface area (TPSA) is 92.9 Å². The zero-order valence-electron chi connectivity index (χ0n) is 13.7. The van der Waals surface area contributed by atoms with Gasteiger partial charge in [0, 0.05) is 19.1 Å². The maximum Gasteiger partial charge on any atom is 0.341 e. The molecule has 24 heavy (non-hydrogen) atoms. The average Bonchev–Trinajstić information content (AvgIpc) is 2.52. The van der Waals surface area contributed by atoms with Crippen LogP contribution in [0.5, 0.6) is 5.75 Å². The SMILES string of the molecule is NC(=O)C1CN(C2CCC(c3ccccc3OCC(=O)O)CC2)C1. The number of carbonyl (C=O) groups is 2. The van der Waals surface area contributed by atoms with Gasteiger partial charge in [0.2, 0.25) is 5.91 Å². The highest BCUT2D eigenvalue weighted by Crippen LogP contribution is 2.39. The van der Waals surface area contributed by atoms with Gasteiger partial charge in [0.25, 0.3) is 0 Å². The molecule has 1 heterocycles. The minimum atomic E-state index is -0.963. The third-order valence-corrected chi connectivity index (χ3v) is 5.24. The Hall–Kier alpha value is -2.08. The molecule has 3 rings (SSSR count). The van der Waals surface area contributed by atoms with Gasteiger partial charge in [0.05, 0.1) is 5.92 Å².